The molecule has 0 aliphatic rings. The Morgan fingerprint density at radius 2 is 2.20 bits per heavy atom. The molecule has 0 aromatic carbocycles. The van der Waals surface area contributed by atoms with Crippen molar-refractivity contribution in [3.63, 3.8) is 0 Å². The van der Waals surface area contributed by atoms with Crippen molar-refractivity contribution in [2.24, 2.45) is 0 Å². The zero-order valence-corrected chi connectivity index (χ0v) is 8.25. The van der Waals surface area contributed by atoms with Gasteiger partial charge in [-0.1, -0.05) is 0 Å². The van der Waals surface area contributed by atoms with Gasteiger partial charge in [-0.3, -0.25) is 14.3 Å². The second-order valence-electron chi connectivity index (χ2n) is 2.96. The van der Waals surface area contributed by atoms with Gasteiger partial charge in [0.05, 0.1) is 19.0 Å². The lowest BCUT2D eigenvalue weighted by Gasteiger charge is -2.06. The van der Waals surface area contributed by atoms with Crippen LogP contribution in [0.5, 0.6) is 5.75 Å². The summed E-state index contributed by atoms with van der Waals surface area (Å²) in [5, 5.41) is 0. The van der Waals surface area contributed by atoms with Crippen LogP contribution < -0.4 is 10.3 Å². The van der Waals surface area contributed by atoms with E-state index in [0.29, 0.717) is 5.75 Å². The molecule has 0 aliphatic carbocycles. The molecule has 76 valence electrons. The van der Waals surface area contributed by atoms with E-state index in [1.165, 1.54) is 11.7 Å². The number of ether oxygens (including phenoxy) is 1. The van der Waals surface area contributed by atoms with Crippen LogP contribution in [0.3, 0.4) is 0 Å². The summed E-state index contributed by atoms with van der Waals surface area (Å²) in [7, 11) is 1.48. The van der Waals surface area contributed by atoms with E-state index >= 15 is 0 Å². The van der Waals surface area contributed by atoms with E-state index in [1.54, 1.807) is 36.8 Å². The van der Waals surface area contributed by atoms with Gasteiger partial charge in [-0.05, 0) is 24.3 Å². The molecule has 0 unspecified atom stereocenters. The maximum absolute atomic E-state index is 11.8. The van der Waals surface area contributed by atoms with Crippen molar-refractivity contribution in [1.82, 2.24) is 9.55 Å². The number of hydrogen-bond donors (Lipinski definition) is 0. The van der Waals surface area contributed by atoms with Crippen LogP contribution in [0.1, 0.15) is 0 Å². The van der Waals surface area contributed by atoms with Crippen LogP contribution >= 0.6 is 0 Å². The second kappa shape index (κ2) is 3.96. The van der Waals surface area contributed by atoms with Crippen molar-refractivity contribution in [2.75, 3.05) is 7.11 Å². The Bertz CT molecular complexity index is 505. The Balaban J connectivity index is 2.60. The van der Waals surface area contributed by atoms with Gasteiger partial charge >= 0.3 is 0 Å². The Morgan fingerprint density at radius 3 is 2.87 bits per heavy atom. The largest absolute Gasteiger partial charge is 0.491 e. The number of methoxy groups -OCH3 is 1. The number of aromatic nitrogens is 2. The quantitative estimate of drug-likeness (QED) is 0.736. The SMILES string of the molecule is COc1cccn(-c2cccnc2)c1=O. The molecule has 0 saturated heterocycles. The van der Waals surface area contributed by atoms with Gasteiger partial charge in [0.2, 0.25) is 0 Å². The lowest BCUT2D eigenvalue weighted by atomic mass is 10.3. The maximum atomic E-state index is 11.8. The Kier molecular flexibility index (Phi) is 2.49. The molecule has 0 atom stereocenters. The van der Waals surface area contributed by atoms with Crippen molar-refractivity contribution < 1.29 is 4.74 Å². The molecule has 4 heteroatoms. The Labute approximate surface area is 86.8 Å². The molecule has 2 aromatic rings. The van der Waals surface area contributed by atoms with Crippen LogP contribution in [-0.4, -0.2) is 16.7 Å². The van der Waals surface area contributed by atoms with Crippen molar-refractivity contribution >= 4 is 0 Å². The van der Waals surface area contributed by atoms with Crippen LogP contribution in [0.25, 0.3) is 5.69 Å². The van der Waals surface area contributed by atoms with Gasteiger partial charge < -0.3 is 4.74 Å². The molecule has 15 heavy (non-hydrogen) atoms. The number of nitrogens with zero attached hydrogens (tertiary/aromatic N) is 2. The van der Waals surface area contributed by atoms with Gasteiger partial charge in [-0.25, -0.2) is 0 Å². The second-order valence-corrected chi connectivity index (χ2v) is 2.96. The highest BCUT2D eigenvalue weighted by atomic mass is 16.5. The first-order valence-corrected chi connectivity index (χ1v) is 4.49. The van der Waals surface area contributed by atoms with Gasteiger partial charge in [-0.15, -0.1) is 0 Å². The summed E-state index contributed by atoms with van der Waals surface area (Å²) < 4.78 is 6.45. The molecule has 0 aliphatic heterocycles. The topological polar surface area (TPSA) is 44.1 Å². The minimum absolute atomic E-state index is 0.187. The first-order chi connectivity index (χ1) is 7.33. The fourth-order valence-electron chi connectivity index (χ4n) is 1.33. The van der Waals surface area contributed by atoms with Gasteiger partial charge in [0.1, 0.15) is 0 Å². The number of rotatable bonds is 2. The summed E-state index contributed by atoms with van der Waals surface area (Å²) >= 11 is 0. The zero-order valence-electron chi connectivity index (χ0n) is 8.25. The van der Waals surface area contributed by atoms with Crippen molar-refractivity contribution in [3.05, 3.63) is 53.2 Å². The van der Waals surface area contributed by atoms with E-state index in [0.717, 1.165) is 5.69 Å². The van der Waals surface area contributed by atoms with Crippen LogP contribution in [-0.2, 0) is 0 Å². The minimum Gasteiger partial charge on any atom is -0.491 e. The lowest BCUT2D eigenvalue weighted by Crippen LogP contribution is -2.18. The minimum atomic E-state index is -0.187. The van der Waals surface area contributed by atoms with E-state index < -0.39 is 0 Å². The summed E-state index contributed by atoms with van der Waals surface area (Å²) in [4.78, 5) is 15.8. The molecule has 2 heterocycles. The van der Waals surface area contributed by atoms with Crippen molar-refractivity contribution in [3.8, 4) is 11.4 Å². The number of hydrogen-bond acceptors (Lipinski definition) is 3. The molecular weight excluding hydrogens is 192 g/mol. The normalized spacial score (nSPS) is 9.93. The molecule has 0 spiro atoms. The summed E-state index contributed by atoms with van der Waals surface area (Å²) in [6.07, 6.45) is 4.97. The van der Waals surface area contributed by atoms with Crippen LogP contribution in [0.2, 0.25) is 0 Å². The zero-order chi connectivity index (χ0) is 10.7. The first kappa shape index (κ1) is 9.45. The van der Waals surface area contributed by atoms with Gasteiger partial charge in [0, 0.05) is 12.4 Å². The molecule has 0 saturated carbocycles. The summed E-state index contributed by atoms with van der Waals surface area (Å²) in [6, 6.07) is 6.98. The smallest absolute Gasteiger partial charge is 0.297 e. The third kappa shape index (κ3) is 1.74. The predicted molar refractivity (Wildman–Crippen MR) is 56.4 cm³/mol. The molecule has 0 N–H and O–H groups in total. The monoisotopic (exact) mass is 202 g/mol. The highest BCUT2D eigenvalue weighted by Crippen LogP contribution is 2.06. The fourth-order valence-corrected chi connectivity index (χ4v) is 1.33. The lowest BCUT2D eigenvalue weighted by molar-refractivity contribution is 0.406. The van der Waals surface area contributed by atoms with Gasteiger partial charge in [0.25, 0.3) is 5.56 Å². The maximum Gasteiger partial charge on any atom is 0.297 e. The molecular formula is C11H10N2O2. The van der Waals surface area contributed by atoms with Gasteiger partial charge in [-0.2, -0.15) is 0 Å². The molecule has 2 aromatic heterocycles. The summed E-state index contributed by atoms with van der Waals surface area (Å²) in [5.41, 5.74) is 0.536. The Morgan fingerprint density at radius 1 is 1.33 bits per heavy atom. The van der Waals surface area contributed by atoms with Crippen LogP contribution in [0.4, 0.5) is 0 Å². The van der Waals surface area contributed by atoms with E-state index in [9.17, 15) is 4.79 Å². The van der Waals surface area contributed by atoms with E-state index in [-0.39, 0.29) is 5.56 Å². The third-order valence-electron chi connectivity index (χ3n) is 2.06. The van der Waals surface area contributed by atoms with E-state index in [4.69, 9.17) is 4.74 Å². The van der Waals surface area contributed by atoms with Gasteiger partial charge in [0.15, 0.2) is 5.75 Å². The predicted octanol–water partition coefficient (Wildman–Crippen LogP) is 1.24. The first-order valence-electron chi connectivity index (χ1n) is 4.49. The molecule has 4 nitrogen and oxygen atoms in total. The summed E-state index contributed by atoms with van der Waals surface area (Å²) in [5.74, 6) is 0.321. The highest BCUT2D eigenvalue weighted by molar-refractivity contribution is 5.31. The molecule has 0 amide bonds. The Hall–Kier alpha value is -2.10. The van der Waals surface area contributed by atoms with Crippen molar-refractivity contribution in [1.29, 1.82) is 0 Å². The number of pyridine rings is 2. The van der Waals surface area contributed by atoms with E-state index in [1.807, 2.05) is 6.07 Å². The molecule has 0 fully saturated rings. The van der Waals surface area contributed by atoms with Crippen LogP contribution in [0, 0.1) is 0 Å². The van der Waals surface area contributed by atoms with Crippen LogP contribution in [0.15, 0.2) is 47.7 Å². The molecule has 0 bridgehead atoms. The average Bonchev–Trinajstić information content (AvgIpc) is 2.30. The third-order valence-corrected chi connectivity index (χ3v) is 2.06. The summed E-state index contributed by atoms with van der Waals surface area (Å²) in [6.45, 7) is 0. The molecule has 2 rings (SSSR count). The average molecular weight is 202 g/mol. The molecule has 0 radical (unpaired) electrons. The fraction of sp³-hybridized carbons (Fsp3) is 0.0909. The highest BCUT2D eigenvalue weighted by Gasteiger charge is 2.03. The standard InChI is InChI=1S/C11H10N2O2/c1-15-10-5-3-7-13(11(10)14)9-4-2-6-12-8-9/h2-8H,1H3. The van der Waals surface area contributed by atoms with E-state index in [2.05, 4.69) is 4.98 Å². The van der Waals surface area contributed by atoms with Crippen molar-refractivity contribution in [2.45, 2.75) is 0 Å².